The van der Waals surface area contributed by atoms with Gasteiger partial charge in [-0.05, 0) is 6.92 Å². The predicted molar refractivity (Wildman–Crippen MR) is 43.0 cm³/mol. The fraction of sp³-hybridized carbons (Fsp3) is 0.429. The third-order valence-electron chi connectivity index (χ3n) is 0.924. The lowest BCUT2D eigenvalue weighted by Crippen LogP contribution is -2.12. The van der Waals surface area contributed by atoms with Crippen LogP contribution in [0.2, 0.25) is 0 Å². The number of halogens is 1. The summed E-state index contributed by atoms with van der Waals surface area (Å²) >= 11 is 4.85. The SMILES string of the molecule is C=C(COC(=O)Cl)C(=O)OCC. The maximum Gasteiger partial charge on any atom is 0.404 e. The molecule has 0 bridgehead atoms. The van der Waals surface area contributed by atoms with Crippen LogP contribution in [0.5, 0.6) is 0 Å². The van der Waals surface area contributed by atoms with Gasteiger partial charge in [-0.1, -0.05) is 6.58 Å². The minimum absolute atomic E-state index is 0.0610. The van der Waals surface area contributed by atoms with E-state index in [4.69, 9.17) is 11.6 Å². The Morgan fingerprint density at radius 1 is 1.42 bits per heavy atom. The summed E-state index contributed by atoms with van der Waals surface area (Å²) in [6, 6.07) is 0. The van der Waals surface area contributed by atoms with Crippen LogP contribution in [0, 0.1) is 0 Å². The van der Waals surface area contributed by atoms with Gasteiger partial charge >= 0.3 is 11.4 Å². The predicted octanol–water partition coefficient (Wildman–Crippen LogP) is 1.48. The van der Waals surface area contributed by atoms with E-state index in [9.17, 15) is 9.59 Å². The zero-order valence-corrected chi connectivity index (χ0v) is 7.39. The fourth-order valence-corrected chi connectivity index (χ4v) is 0.490. The summed E-state index contributed by atoms with van der Waals surface area (Å²) in [6.45, 7) is 5.02. The van der Waals surface area contributed by atoms with E-state index in [-0.39, 0.29) is 18.8 Å². The average molecular weight is 193 g/mol. The molecule has 0 saturated carbocycles. The van der Waals surface area contributed by atoms with Gasteiger partial charge in [0, 0.05) is 11.6 Å². The van der Waals surface area contributed by atoms with Crippen LogP contribution in [-0.2, 0) is 14.3 Å². The summed E-state index contributed by atoms with van der Waals surface area (Å²) in [7, 11) is 0. The number of carbonyl (C=O) groups is 2. The van der Waals surface area contributed by atoms with Gasteiger partial charge < -0.3 is 9.47 Å². The normalized spacial score (nSPS) is 8.83. The van der Waals surface area contributed by atoms with Crippen molar-refractivity contribution in [1.29, 1.82) is 0 Å². The Bertz CT molecular complexity index is 200. The van der Waals surface area contributed by atoms with Gasteiger partial charge in [-0.25, -0.2) is 9.59 Å². The van der Waals surface area contributed by atoms with E-state index < -0.39 is 11.4 Å². The van der Waals surface area contributed by atoms with Crippen LogP contribution < -0.4 is 0 Å². The number of hydrogen-bond acceptors (Lipinski definition) is 4. The van der Waals surface area contributed by atoms with Gasteiger partial charge in [-0.3, -0.25) is 0 Å². The molecule has 0 aliphatic carbocycles. The molecule has 0 aromatic heterocycles. The molecule has 5 heteroatoms. The summed E-state index contributed by atoms with van der Waals surface area (Å²) in [4.78, 5) is 20.9. The highest BCUT2D eigenvalue weighted by atomic mass is 35.5. The molecule has 4 nitrogen and oxygen atoms in total. The highest BCUT2D eigenvalue weighted by Gasteiger charge is 2.08. The van der Waals surface area contributed by atoms with E-state index >= 15 is 0 Å². The molecule has 0 N–H and O–H groups in total. The Morgan fingerprint density at radius 2 is 2.00 bits per heavy atom. The van der Waals surface area contributed by atoms with Crippen LogP contribution in [0.3, 0.4) is 0 Å². The topological polar surface area (TPSA) is 52.6 Å². The fourth-order valence-electron chi connectivity index (χ4n) is 0.436. The van der Waals surface area contributed by atoms with Crippen molar-refractivity contribution in [3.05, 3.63) is 12.2 Å². The lowest BCUT2D eigenvalue weighted by atomic mass is 10.3. The maximum atomic E-state index is 10.8. The molecule has 0 aliphatic rings. The van der Waals surface area contributed by atoms with Crippen molar-refractivity contribution in [2.24, 2.45) is 0 Å². The van der Waals surface area contributed by atoms with Gasteiger partial charge in [0.2, 0.25) is 0 Å². The molecule has 0 heterocycles. The van der Waals surface area contributed by atoms with E-state index in [0.717, 1.165) is 0 Å². The van der Waals surface area contributed by atoms with Crippen molar-refractivity contribution in [3.63, 3.8) is 0 Å². The Kier molecular flexibility index (Phi) is 5.12. The summed E-state index contributed by atoms with van der Waals surface area (Å²) in [6.07, 6.45) is 0. The number of hydrogen-bond donors (Lipinski definition) is 0. The molecule has 0 fully saturated rings. The van der Waals surface area contributed by atoms with Crippen LogP contribution in [0.4, 0.5) is 4.79 Å². The lowest BCUT2D eigenvalue weighted by molar-refractivity contribution is -0.138. The first-order chi connectivity index (χ1) is 5.57. The standard InChI is InChI=1S/C7H9ClO4/c1-3-11-6(9)5(2)4-12-7(8)10/h2-4H2,1H3. The molecule has 0 atom stereocenters. The second-order valence-corrected chi connectivity index (χ2v) is 2.16. The van der Waals surface area contributed by atoms with Crippen molar-refractivity contribution in [2.45, 2.75) is 6.92 Å². The van der Waals surface area contributed by atoms with E-state index in [0.29, 0.717) is 0 Å². The van der Waals surface area contributed by atoms with Gasteiger partial charge in [0.05, 0.1) is 12.2 Å². The third-order valence-corrected chi connectivity index (χ3v) is 1.03. The second-order valence-electron chi connectivity index (χ2n) is 1.85. The minimum Gasteiger partial charge on any atom is -0.463 e. The van der Waals surface area contributed by atoms with Gasteiger partial charge in [-0.15, -0.1) is 0 Å². The summed E-state index contributed by atoms with van der Waals surface area (Å²) in [5, 5.41) is 0. The Labute approximate surface area is 75.1 Å². The molecule has 0 saturated heterocycles. The van der Waals surface area contributed by atoms with E-state index in [1.807, 2.05) is 0 Å². The van der Waals surface area contributed by atoms with Crippen LogP contribution >= 0.6 is 11.6 Å². The number of esters is 1. The Morgan fingerprint density at radius 3 is 2.42 bits per heavy atom. The summed E-state index contributed by atoms with van der Waals surface area (Å²) in [5.41, 5.74) is -0.911. The molecule has 68 valence electrons. The average Bonchev–Trinajstić information content (AvgIpc) is 2.00. The molecule has 0 rings (SSSR count). The van der Waals surface area contributed by atoms with Crippen LogP contribution in [0.1, 0.15) is 6.92 Å². The molecule has 0 aliphatic heterocycles. The molecular weight excluding hydrogens is 184 g/mol. The molecule has 0 aromatic rings. The van der Waals surface area contributed by atoms with Crippen molar-refractivity contribution in [3.8, 4) is 0 Å². The molecular formula is C7H9ClO4. The quantitative estimate of drug-likeness (QED) is 0.385. The lowest BCUT2D eigenvalue weighted by Gasteiger charge is -2.03. The Hall–Kier alpha value is -1.03. The van der Waals surface area contributed by atoms with Crippen LogP contribution in [0.15, 0.2) is 12.2 Å². The summed E-state index contributed by atoms with van der Waals surface area (Å²) < 4.78 is 8.86. The first-order valence-corrected chi connectivity index (χ1v) is 3.63. The molecule has 0 amide bonds. The Balaban J connectivity index is 3.72. The molecule has 0 unspecified atom stereocenters. The number of carbonyl (C=O) groups excluding carboxylic acids is 2. The zero-order chi connectivity index (χ0) is 9.56. The molecule has 12 heavy (non-hydrogen) atoms. The monoisotopic (exact) mass is 192 g/mol. The van der Waals surface area contributed by atoms with Gasteiger partial charge in [0.1, 0.15) is 6.61 Å². The highest BCUT2D eigenvalue weighted by Crippen LogP contribution is 1.97. The van der Waals surface area contributed by atoms with E-state index in [2.05, 4.69) is 16.1 Å². The number of rotatable bonds is 4. The van der Waals surface area contributed by atoms with Crippen molar-refractivity contribution in [2.75, 3.05) is 13.2 Å². The van der Waals surface area contributed by atoms with Crippen LogP contribution in [0.25, 0.3) is 0 Å². The smallest absolute Gasteiger partial charge is 0.404 e. The highest BCUT2D eigenvalue weighted by molar-refractivity contribution is 6.61. The molecule has 0 radical (unpaired) electrons. The zero-order valence-electron chi connectivity index (χ0n) is 6.63. The van der Waals surface area contributed by atoms with Crippen molar-refractivity contribution < 1.29 is 19.1 Å². The largest absolute Gasteiger partial charge is 0.463 e. The first kappa shape index (κ1) is 11.0. The third kappa shape index (κ3) is 4.73. The van der Waals surface area contributed by atoms with E-state index in [1.54, 1.807) is 6.92 Å². The first-order valence-electron chi connectivity index (χ1n) is 3.25. The van der Waals surface area contributed by atoms with Crippen molar-refractivity contribution in [1.82, 2.24) is 0 Å². The van der Waals surface area contributed by atoms with Gasteiger partial charge in [0.15, 0.2) is 0 Å². The van der Waals surface area contributed by atoms with Gasteiger partial charge in [-0.2, -0.15) is 0 Å². The van der Waals surface area contributed by atoms with Gasteiger partial charge in [0.25, 0.3) is 0 Å². The summed E-state index contributed by atoms with van der Waals surface area (Å²) in [5.74, 6) is -0.588. The minimum atomic E-state index is -0.972. The number of ether oxygens (including phenoxy) is 2. The maximum absolute atomic E-state index is 10.8. The molecule has 0 spiro atoms. The van der Waals surface area contributed by atoms with Crippen LogP contribution in [-0.4, -0.2) is 24.6 Å². The van der Waals surface area contributed by atoms with Crippen molar-refractivity contribution >= 4 is 23.0 Å². The second kappa shape index (κ2) is 5.60. The molecule has 0 aromatic carbocycles. The van der Waals surface area contributed by atoms with E-state index in [1.165, 1.54) is 0 Å².